The Labute approximate surface area is 157 Å². The highest BCUT2D eigenvalue weighted by Gasteiger charge is 2.11. The Morgan fingerprint density at radius 3 is 2.77 bits per heavy atom. The summed E-state index contributed by atoms with van der Waals surface area (Å²) >= 11 is 1.62. The molecule has 0 aliphatic rings. The van der Waals surface area contributed by atoms with Crippen molar-refractivity contribution in [1.29, 1.82) is 0 Å². The molecule has 2 N–H and O–H groups in total. The summed E-state index contributed by atoms with van der Waals surface area (Å²) < 4.78 is 18.3. The van der Waals surface area contributed by atoms with Gasteiger partial charge in [-0.25, -0.2) is 9.37 Å². The molecule has 1 atom stereocenters. The molecule has 26 heavy (non-hydrogen) atoms. The first-order chi connectivity index (χ1) is 12.5. The van der Waals surface area contributed by atoms with Crippen molar-refractivity contribution in [2.75, 3.05) is 26.7 Å². The quantitative estimate of drug-likeness (QED) is 0.544. The summed E-state index contributed by atoms with van der Waals surface area (Å²) in [6, 6.07) is 5.69. The van der Waals surface area contributed by atoms with Crippen LogP contribution in [0.1, 0.15) is 17.6 Å². The topological polar surface area (TPSA) is 70.0 Å². The molecule has 0 saturated carbocycles. The van der Waals surface area contributed by atoms with Crippen LogP contribution >= 0.6 is 11.3 Å². The minimum absolute atomic E-state index is 0.0868. The maximum Gasteiger partial charge on any atom is 0.194 e. The molecule has 2 rings (SSSR count). The molecule has 6 nitrogen and oxygen atoms in total. The minimum atomic E-state index is -0.761. The highest BCUT2D eigenvalue weighted by atomic mass is 32.1. The van der Waals surface area contributed by atoms with Crippen LogP contribution in [-0.4, -0.2) is 53.8 Å². The van der Waals surface area contributed by atoms with Crippen molar-refractivity contribution in [2.24, 2.45) is 4.99 Å². The van der Waals surface area contributed by atoms with Crippen LogP contribution in [0.2, 0.25) is 0 Å². The summed E-state index contributed by atoms with van der Waals surface area (Å²) in [5.74, 6) is 0.882. The lowest BCUT2D eigenvalue weighted by molar-refractivity contribution is 0.114. The van der Waals surface area contributed by atoms with Gasteiger partial charge in [0.1, 0.15) is 24.3 Å². The van der Waals surface area contributed by atoms with Gasteiger partial charge < -0.3 is 20.1 Å². The number of guanidine groups is 1. The van der Waals surface area contributed by atoms with Gasteiger partial charge in [-0.2, -0.15) is 0 Å². The molecule has 0 radical (unpaired) electrons. The first-order valence-electron chi connectivity index (χ1n) is 8.44. The van der Waals surface area contributed by atoms with Crippen molar-refractivity contribution in [3.63, 3.8) is 0 Å². The lowest BCUT2D eigenvalue weighted by atomic mass is 10.3. The molecule has 0 spiro atoms. The highest BCUT2D eigenvalue weighted by molar-refractivity contribution is 7.09. The molecule has 2 aromatic rings. The number of aliphatic hydroxyl groups excluding tert-OH is 1. The molecule has 0 aliphatic carbocycles. The van der Waals surface area contributed by atoms with Crippen LogP contribution in [0.25, 0.3) is 0 Å². The molecule has 1 aromatic carbocycles. The number of nitrogens with one attached hydrogen (secondary N) is 1. The number of hydrogen-bond donors (Lipinski definition) is 2. The average Bonchev–Trinajstić information content (AvgIpc) is 3.02. The van der Waals surface area contributed by atoms with Gasteiger partial charge in [-0.3, -0.25) is 4.99 Å². The number of rotatable bonds is 8. The van der Waals surface area contributed by atoms with Crippen molar-refractivity contribution in [3.05, 3.63) is 46.2 Å². The van der Waals surface area contributed by atoms with Crippen LogP contribution < -0.4 is 10.1 Å². The third kappa shape index (κ3) is 6.61. The highest BCUT2D eigenvalue weighted by Crippen LogP contribution is 2.12. The van der Waals surface area contributed by atoms with Gasteiger partial charge in [0.2, 0.25) is 0 Å². The van der Waals surface area contributed by atoms with E-state index in [0.717, 1.165) is 17.2 Å². The van der Waals surface area contributed by atoms with E-state index in [-0.39, 0.29) is 19.0 Å². The number of hydrogen-bond acceptors (Lipinski definition) is 5. The van der Waals surface area contributed by atoms with Gasteiger partial charge in [0.05, 0.1) is 23.8 Å². The molecule has 1 aromatic heterocycles. The summed E-state index contributed by atoms with van der Waals surface area (Å²) in [6.45, 7) is 5.61. The van der Waals surface area contributed by atoms with E-state index in [2.05, 4.69) is 15.3 Å². The van der Waals surface area contributed by atoms with Crippen LogP contribution in [0.4, 0.5) is 4.39 Å². The Hall–Kier alpha value is -2.19. The Kier molecular flexibility index (Phi) is 7.80. The van der Waals surface area contributed by atoms with Crippen molar-refractivity contribution in [3.8, 4) is 5.75 Å². The van der Waals surface area contributed by atoms with Crippen molar-refractivity contribution in [2.45, 2.75) is 26.5 Å². The standard InChI is InChI=1S/C18H25FN4O2S/c1-4-20-18(23(3)10-15-12-26-13(2)22-15)21-9-16(24)11-25-17-7-5-14(19)6-8-17/h5-8,12,16,24H,4,9-11H2,1-3H3,(H,20,21). The van der Waals surface area contributed by atoms with Gasteiger partial charge in [-0.15, -0.1) is 11.3 Å². The van der Waals surface area contributed by atoms with Crippen LogP contribution in [0, 0.1) is 12.7 Å². The first-order valence-corrected chi connectivity index (χ1v) is 9.32. The second-order valence-corrected chi connectivity index (χ2v) is 6.89. The predicted octanol–water partition coefficient (Wildman–Crippen LogP) is 2.43. The summed E-state index contributed by atoms with van der Waals surface area (Å²) in [5, 5.41) is 16.4. The molecular weight excluding hydrogens is 355 g/mol. The maximum absolute atomic E-state index is 12.9. The third-order valence-corrected chi connectivity index (χ3v) is 4.29. The fraction of sp³-hybridized carbons (Fsp3) is 0.444. The summed E-state index contributed by atoms with van der Waals surface area (Å²) in [4.78, 5) is 10.9. The molecule has 0 saturated heterocycles. The van der Waals surface area contributed by atoms with E-state index >= 15 is 0 Å². The van der Waals surface area contributed by atoms with Crippen molar-refractivity contribution < 1.29 is 14.2 Å². The van der Waals surface area contributed by atoms with Crippen LogP contribution in [0.5, 0.6) is 5.75 Å². The van der Waals surface area contributed by atoms with E-state index in [1.54, 1.807) is 11.3 Å². The number of aliphatic imine (C=N–C) groups is 1. The van der Waals surface area contributed by atoms with Gasteiger partial charge in [0.15, 0.2) is 5.96 Å². The van der Waals surface area contributed by atoms with Gasteiger partial charge >= 0.3 is 0 Å². The largest absolute Gasteiger partial charge is 0.491 e. The normalized spacial score (nSPS) is 12.7. The van der Waals surface area contributed by atoms with Crippen molar-refractivity contribution >= 4 is 17.3 Å². The van der Waals surface area contributed by atoms with Crippen LogP contribution in [0.3, 0.4) is 0 Å². The Morgan fingerprint density at radius 2 is 2.15 bits per heavy atom. The first kappa shape index (κ1) is 20.1. The Bertz CT molecular complexity index is 705. The Balaban J connectivity index is 1.86. The van der Waals surface area contributed by atoms with E-state index in [1.807, 2.05) is 31.2 Å². The molecule has 0 fully saturated rings. The smallest absolute Gasteiger partial charge is 0.194 e. The van der Waals surface area contributed by atoms with E-state index in [0.29, 0.717) is 18.3 Å². The number of benzene rings is 1. The van der Waals surface area contributed by atoms with Crippen LogP contribution in [-0.2, 0) is 6.54 Å². The minimum Gasteiger partial charge on any atom is -0.491 e. The molecule has 0 bridgehead atoms. The van der Waals surface area contributed by atoms with Gasteiger partial charge in [0, 0.05) is 19.0 Å². The van der Waals surface area contributed by atoms with E-state index in [9.17, 15) is 9.50 Å². The Morgan fingerprint density at radius 1 is 1.42 bits per heavy atom. The molecule has 0 aliphatic heterocycles. The lowest BCUT2D eigenvalue weighted by Gasteiger charge is -2.21. The number of ether oxygens (including phenoxy) is 1. The molecular formula is C18H25FN4O2S. The SMILES string of the molecule is CCNC(=NCC(O)COc1ccc(F)cc1)N(C)Cc1csc(C)n1. The maximum atomic E-state index is 12.9. The molecule has 1 heterocycles. The zero-order valence-corrected chi connectivity index (χ0v) is 16.1. The lowest BCUT2D eigenvalue weighted by Crippen LogP contribution is -2.39. The summed E-state index contributed by atoms with van der Waals surface area (Å²) in [6.07, 6.45) is -0.761. The second-order valence-electron chi connectivity index (χ2n) is 5.83. The van der Waals surface area contributed by atoms with E-state index in [1.165, 1.54) is 24.3 Å². The fourth-order valence-electron chi connectivity index (χ4n) is 2.24. The molecule has 8 heteroatoms. The fourth-order valence-corrected chi connectivity index (χ4v) is 2.84. The average molecular weight is 380 g/mol. The predicted molar refractivity (Wildman–Crippen MR) is 102 cm³/mol. The molecule has 0 amide bonds. The number of aryl methyl sites for hydroxylation is 1. The van der Waals surface area contributed by atoms with E-state index < -0.39 is 6.10 Å². The number of aromatic nitrogens is 1. The number of nitrogens with zero attached hydrogens (tertiary/aromatic N) is 3. The van der Waals surface area contributed by atoms with Gasteiger partial charge in [-0.05, 0) is 38.1 Å². The monoisotopic (exact) mass is 380 g/mol. The van der Waals surface area contributed by atoms with Crippen LogP contribution in [0.15, 0.2) is 34.6 Å². The number of aliphatic hydroxyl groups is 1. The second kappa shape index (κ2) is 10.1. The summed E-state index contributed by atoms with van der Waals surface area (Å²) in [5.41, 5.74) is 0.987. The van der Waals surface area contributed by atoms with Gasteiger partial charge in [-0.1, -0.05) is 0 Å². The number of halogens is 1. The van der Waals surface area contributed by atoms with Gasteiger partial charge in [0.25, 0.3) is 0 Å². The zero-order chi connectivity index (χ0) is 18.9. The molecule has 142 valence electrons. The summed E-state index contributed by atoms with van der Waals surface area (Å²) in [7, 11) is 1.93. The molecule has 1 unspecified atom stereocenters. The van der Waals surface area contributed by atoms with E-state index in [4.69, 9.17) is 4.74 Å². The third-order valence-electron chi connectivity index (χ3n) is 3.47. The van der Waals surface area contributed by atoms with Crippen molar-refractivity contribution in [1.82, 2.24) is 15.2 Å². The zero-order valence-electron chi connectivity index (χ0n) is 15.3. The number of thiazole rings is 1.